The molecule has 218 valence electrons. The number of nitrogens with zero attached hydrogens (tertiary/aromatic N) is 6. The van der Waals surface area contributed by atoms with Crippen molar-refractivity contribution in [2.75, 3.05) is 75.7 Å². The fourth-order valence-electron chi connectivity index (χ4n) is 4.95. The molecule has 2 fully saturated rings. The Morgan fingerprint density at radius 1 is 0.902 bits per heavy atom. The Labute approximate surface area is 235 Å². The molecule has 0 radical (unpaired) electrons. The molecule has 1 aromatic carbocycles. The van der Waals surface area contributed by atoms with E-state index in [1.54, 1.807) is 0 Å². The SMILES string of the molecule is NC(=O)c1nn(-c2ccc(N3CCN(CCN4CCNCC4)CC3)cc2)cc1NC(=O)c1cccc(C(F)(F)F)n1. The molecule has 2 aromatic heterocycles. The van der Waals surface area contributed by atoms with E-state index in [0.717, 1.165) is 89.3 Å². The minimum Gasteiger partial charge on any atom is -0.369 e. The summed E-state index contributed by atoms with van der Waals surface area (Å²) < 4.78 is 40.4. The van der Waals surface area contributed by atoms with Gasteiger partial charge in [0, 0.05) is 71.1 Å². The number of hydrogen-bond donors (Lipinski definition) is 3. The average Bonchev–Trinajstić information content (AvgIpc) is 3.41. The number of nitrogens with one attached hydrogen (secondary N) is 2. The van der Waals surface area contributed by atoms with Crippen LogP contribution < -0.4 is 21.3 Å². The van der Waals surface area contributed by atoms with E-state index in [4.69, 9.17) is 5.73 Å². The molecule has 2 aliphatic rings. The number of nitrogens with two attached hydrogens (primary N) is 1. The van der Waals surface area contributed by atoms with Crippen LogP contribution in [0.5, 0.6) is 0 Å². The van der Waals surface area contributed by atoms with Crippen molar-refractivity contribution >= 4 is 23.2 Å². The topological polar surface area (TPSA) is 125 Å². The van der Waals surface area contributed by atoms with E-state index in [0.29, 0.717) is 5.69 Å². The van der Waals surface area contributed by atoms with Crippen LogP contribution in [0.1, 0.15) is 26.7 Å². The number of hydrogen-bond acceptors (Lipinski definition) is 8. The van der Waals surface area contributed by atoms with Crippen molar-refractivity contribution in [3.63, 3.8) is 0 Å². The Morgan fingerprint density at radius 2 is 1.54 bits per heavy atom. The second-order valence-electron chi connectivity index (χ2n) is 10.00. The van der Waals surface area contributed by atoms with Crippen molar-refractivity contribution in [3.05, 3.63) is 65.7 Å². The standard InChI is InChI=1S/C27H32F3N9O2/c28-27(29,30)23-3-1-2-21(33-23)26(41)34-22-18-39(35-24(22)25(31)40)20-6-4-19(5-7-20)38-16-14-37(15-17-38)13-12-36-10-8-32-9-11-36/h1-7,18,32H,8-17H2,(H2,31,40)(H,34,41). The molecule has 0 unspecified atom stereocenters. The minimum atomic E-state index is -4.70. The molecule has 14 heteroatoms. The van der Waals surface area contributed by atoms with Gasteiger partial charge in [-0.25, -0.2) is 9.67 Å². The summed E-state index contributed by atoms with van der Waals surface area (Å²) in [6, 6.07) is 10.6. The van der Waals surface area contributed by atoms with Gasteiger partial charge in [0.15, 0.2) is 5.69 Å². The second kappa shape index (κ2) is 12.2. The summed E-state index contributed by atoms with van der Waals surface area (Å²) in [7, 11) is 0. The van der Waals surface area contributed by atoms with Crippen LogP contribution in [0.15, 0.2) is 48.7 Å². The quantitative estimate of drug-likeness (QED) is 0.373. The summed E-state index contributed by atoms with van der Waals surface area (Å²) >= 11 is 0. The first-order valence-electron chi connectivity index (χ1n) is 13.4. The normalized spacial score (nSPS) is 17.0. The Hall–Kier alpha value is -4.01. The van der Waals surface area contributed by atoms with Gasteiger partial charge in [-0.15, -0.1) is 0 Å². The maximum absolute atomic E-state index is 13.0. The van der Waals surface area contributed by atoms with Crippen LogP contribution in [0.3, 0.4) is 0 Å². The van der Waals surface area contributed by atoms with Crippen LogP contribution in [-0.2, 0) is 6.18 Å². The number of halogens is 3. The average molecular weight is 572 g/mol. The number of carbonyl (C=O) groups is 2. The predicted molar refractivity (Wildman–Crippen MR) is 147 cm³/mol. The Morgan fingerprint density at radius 3 is 2.17 bits per heavy atom. The highest BCUT2D eigenvalue weighted by Crippen LogP contribution is 2.28. The highest BCUT2D eigenvalue weighted by atomic mass is 19.4. The van der Waals surface area contributed by atoms with Gasteiger partial charge in [0.2, 0.25) is 0 Å². The molecule has 2 amide bonds. The molecular weight excluding hydrogens is 539 g/mol. The molecule has 2 saturated heterocycles. The molecule has 0 spiro atoms. The first kappa shape index (κ1) is 28.5. The molecule has 0 saturated carbocycles. The van der Waals surface area contributed by atoms with Crippen molar-refractivity contribution in [3.8, 4) is 5.69 Å². The summed E-state index contributed by atoms with van der Waals surface area (Å²) in [4.78, 5) is 35.3. The van der Waals surface area contributed by atoms with Gasteiger partial charge in [-0.2, -0.15) is 18.3 Å². The lowest BCUT2D eigenvalue weighted by atomic mass is 10.2. The molecule has 0 aliphatic carbocycles. The van der Waals surface area contributed by atoms with Crippen molar-refractivity contribution in [1.29, 1.82) is 0 Å². The highest BCUT2D eigenvalue weighted by Gasteiger charge is 2.33. The van der Waals surface area contributed by atoms with E-state index >= 15 is 0 Å². The van der Waals surface area contributed by atoms with Crippen molar-refractivity contribution in [2.24, 2.45) is 5.73 Å². The van der Waals surface area contributed by atoms with E-state index < -0.39 is 29.4 Å². The maximum Gasteiger partial charge on any atom is 0.433 e. The third-order valence-corrected chi connectivity index (χ3v) is 7.26. The third kappa shape index (κ3) is 7.01. The highest BCUT2D eigenvalue weighted by molar-refractivity contribution is 6.07. The van der Waals surface area contributed by atoms with Crippen LogP contribution in [0.2, 0.25) is 0 Å². The molecule has 3 aromatic rings. The molecule has 41 heavy (non-hydrogen) atoms. The van der Waals surface area contributed by atoms with Crippen molar-refractivity contribution in [1.82, 2.24) is 29.9 Å². The van der Waals surface area contributed by atoms with Gasteiger partial charge in [-0.1, -0.05) is 6.07 Å². The molecule has 2 aliphatic heterocycles. The number of anilines is 2. The monoisotopic (exact) mass is 571 g/mol. The number of pyridine rings is 1. The summed E-state index contributed by atoms with van der Waals surface area (Å²) in [5.74, 6) is -1.83. The number of rotatable bonds is 8. The lowest BCUT2D eigenvalue weighted by Crippen LogP contribution is -2.50. The van der Waals surface area contributed by atoms with Gasteiger partial charge in [-0.05, 0) is 36.4 Å². The molecular formula is C27H32F3N9O2. The van der Waals surface area contributed by atoms with Gasteiger partial charge in [0.05, 0.1) is 17.6 Å². The van der Waals surface area contributed by atoms with Crippen LogP contribution in [-0.4, -0.2) is 102 Å². The third-order valence-electron chi connectivity index (χ3n) is 7.26. The number of primary amides is 1. The van der Waals surface area contributed by atoms with Crippen LogP contribution >= 0.6 is 0 Å². The molecule has 0 bridgehead atoms. The second-order valence-corrected chi connectivity index (χ2v) is 10.00. The summed E-state index contributed by atoms with van der Waals surface area (Å²) in [6.45, 7) is 10.3. The number of benzene rings is 1. The van der Waals surface area contributed by atoms with Crippen molar-refractivity contribution in [2.45, 2.75) is 6.18 Å². The van der Waals surface area contributed by atoms with E-state index in [1.165, 1.54) is 10.9 Å². The number of piperazine rings is 2. The lowest BCUT2D eigenvalue weighted by molar-refractivity contribution is -0.141. The molecule has 11 nitrogen and oxygen atoms in total. The van der Waals surface area contributed by atoms with Crippen molar-refractivity contribution < 1.29 is 22.8 Å². The van der Waals surface area contributed by atoms with E-state index in [2.05, 4.69) is 35.4 Å². The van der Waals surface area contributed by atoms with E-state index in [1.807, 2.05) is 24.3 Å². The summed E-state index contributed by atoms with van der Waals surface area (Å²) in [5.41, 5.74) is 5.19. The zero-order valence-corrected chi connectivity index (χ0v) is 22.4. The van der Waals surface area contributed by atoms with Crippen LogP contribution in [0.4, 0.5) is 24.5 Å². The molecule has 0 atom stereocenters. The number of carbonyl (C=O) groups excluding carboxylic acids is 2. The fourth-order valence-corrected chi connectivity index (χ4v) is 4.95. The molecule has 5 rings (SSSR count). The zero-order valence-electron chi connectivity index (χ0n) is 22.4. The number of aromatic nitrogens is 3. The number of amides is 2. The minimum absolute atomic E-state index is 0.0391. The Bertz CT molecular complexity index is 1360. The van der Waals surface area contributed by atoms with Crippen LogP contribution in [0.25, 0.3) is 5.69 Å². The smallest absolute Gasteiger partial charge is 0.369 e. The Balaban J connectivity index is 1.21. The van der Waals surface area contributed by atoms with Gasteiger partial charge < -0.3 is 21.3 Å². The molecule has 4 N–H and O–H groups in total. The van der Waals surface area contributed by atoms with Gasteiger partial charge in [-0.3, -0.25) is 19.4 Å². The fraction of sp³-hybridized carbons (Fsp3) is 0.407. The predicted octanol–water partition coefficient (Wildman–Crippen LogP) is 1.66. The largest absolute Gasteiger partial charge is 0.433 e. The summed E-state index contributed by atoms with van der Waals surface area (Å²) in [5, 5.41) is 9.98. The molecule has 4 heterocycles. The Kier molecular flexibility index (Phi) is 8.52. The van der Waals surface area contributed by atoms with E-state index in [-0.39, 0.29) is 11.4 Å². The summed E-state index contributed by atoms with van der Waals surface area (Å²) in [6.07, 6.45) is -3.32. The van der Waals surface area contributed by atoms with Crippen LogP contribution in [0, 0.1) is 0 Å². The van der Waals surface area contributed by atoms with Gasteiger partial charge in [0.1, 0.15) is 11.4 Å². The lowest BCUT2D eigenvalue weighted by Gasteiger charge is -2.37. The maximum atomic E-state index is 13.0. The van der Waals surface area contributed by atoms with E-state index in [9.17, 15) is 22.8 Å². The van der Waals surface area contributed by atoms with Gasteiger partial charge in [0.25, 0.3) is 11.8 Å². The first-order valence-corrected chi connectivity index (χ1v) is 13.4. The first-order chi connectivity index (χ1) is 19.7. The number of alkyl halides is 3. The zero-order chi connectivity index (χ0) is 29.0. The van der Waals surface area contributed by atoms with Gasteiger partial charge >= 0.3 is 6.18 Å².